The summed E-state index contributed by atoms with van der Waals surface area (Å²) in [5.41, 5.74) is -4.96. The second-order valence-corrected chi connectivity index (χ2v) is 20.1. The zero-order valence-electron chi connectivity index (χ0n) is 28.0. The minimum atomic E-state index is -2.17. The lowest BCUT2D eigenvalue weighted by molar-refractivity contribution is -0.199. The fraction of sp³-hybridized carbons (Fsp3) is 0.759. The molecular weight excluding hydrogens is 592 g/mol. The van der Waals surface area contributed by atoms with E-state index in [0.29, 0.717) is 4.57 Å². The molecule has 4 heterocycles. The van der Waals surface area contributed by atoms with Gasteiger partial charge in [0, 0.05) is 0 Å². The van der Waals surface area contributed by atoms with Gasteiger partial charge in [0.05, 0.1) is 12.9 Å². The van der Waals surface area contributed by atoms with Crippen molar-refractivity contribution in [1.29, 1.82) is 0 Å². The number of imidazole rings is 1. The van der Waals surface area contributed by atoms with E-state index >= 15 is 0 Å². The molecule has 4 atom stereocenters. The van der Waals surface area contributed by atoms with Gasteiger partial charge in [0.15, 0.2) is 31.5 Å². The molecule has 0 amide bonds. The number of carbonyl (C=O) groups is 2. The van der Waals surface area contributed by atoms with Crippen molar-refractivity contribution in [3.63, 3.8) is 0 Å². The summed E-state index contributed by atoms with van der Waals surface area (Å²) in [5, 5.41) is -0.0468. The van der Waals surface area contributed by atoms with Gasteiger partial charge in [0.2, 0.25) is 0 Å². The number of nitrogens with zero attached hydrogens (tertiary/aromatic N) is 4. The summed E-state index contributed by atoms with van der Waals surface area (Å²) < 4.78 is 38.4. The van der Waals surface area contributed by atoms with Gasteiger partial charge in [-0.15, -0.1) is 0 Å². The molecule has 2 aliphatic heterocycles. The lowest BCUT2D eigenvalue weighted by Crippen LogP contribution is -2.48. The monoisotopic (exact) mass is 638 g/mol. The summed E-state index contributed by atoms with van der Waals surface area (Å²) in [7, 11) is -2.17. The van der Waals surface area contributed by atoms with Crippen LogP contribution in [0.2, 0.25) is 18.1 Å². The van der Waals surface area contributed by atoms with Crippen molar-refractivity contribution in [2.24, 2.45) is 0 Å². The maximum absolute atomic E-state index is 13.8. The molecule has 15 heteroatoms. The predicted molar refractivity (Wildman–Crippen MR) is 162 cm³/mol. The Labute approximate surface area is 257 Å². The summed E-state index contributed by atoms with van der Waals surface area (Å²) in [5.74, 6) is -0.975. The van der Waals surface area contributed by atoms with Gasteiger partial charge in [-0.05, 0) is 73.5 Å². The number of fused-ring (bicyclic) bond motifs is 2. The first-order chi connectivity index (χ1) is 19.8. The van der Waals surface area contributed by atoms with Crippen LogP contribution in [0, 0.1) is 0 Å². The molecule has 0 unspecified atom stereocenters. The van der Waals surface area contributed by atoms with E-state index in [1.807, 2.05) is 0 Å². The molecular formula is C29H46N4O10Si. The molecule has 246 valence electrons. The Morgan fingerprint density at radius 2 is 1.43 bits per heavy atom. The molecule has 0 spiro atoms. The molecule has 0 radical (unpaired) electrons. The summed E-state index contributed by atoms with van der Waals surface area (Å²) in [4.78, 5) is 58.2. The highest BCUT2D eigenvalue weighted by molar-refractivity contribution is 6.74. The van der Waals surface area contributed by atoms with Crippen molar-refractivity contribution in [1.82, 2.24) is 18.7 Å². The van der Waals surface area contributed by atoms with Crippen LogP contribution in [-0.4, -0.2) is 81.1 Å². The fourth-order valence-corrected chi connectivity index (χ4v) is 5.78. The maximum atomic E-state index is 13.8. The van der Waals surface area contributed by atoms with Crippen LogP contribution in [0.4, 0.5) is 9.59 Å². The smallest absolute Gasteiger partial charge is 0.425 e. The highest BCUT2D eigenvalue weighted by Crippen LogP contribution is 2.45. The van der Waals surface area contributed by atoms with Crippen molar-refractivity contribution in [3.05, 3.63) is 27.2 Å². The van der Waals surface area contributed by atoms with Crippen molar-refractivity contribution in [2.45, 2.75) is 136 Å². The van der Waals surface area contributed by atoms with E-state index in [9.17, 15) is 19.2 Å². The highest BCUT2D eigenvalue weighted by Gasteiger charge is 2.57. The Kier molecular flexibility index (Phi) is 8.43. The number of hydrogen-bond acceptors (Lipinski definition) is 11. The largest absolute Gasteiger partial charge is 0.443 e. The lowest BCUT2D eigenvalue weighted by Gasteiger charge is -2.37. The summed E-state index contributed by atoms with van der Waals surface area (Å²) in [6.45, 7) is 24.0. The Bertz CT molecular complexity index is 1570. The van der Waals surface area contributed by atoms with Crippen LogP contribution in [-0.2, 0) is 28.1 Å². The van der Waals surface area contributed by atoms with Gasteiger partial charge >= 0.3 is 17.9 Å². The van der Waals surface area contributed by atoms with E-state index in [-0.39, 0.29) is 27.4 Å². The van der Waals surface area contributed by atoms with Gasteiger partial charge in [0.1, 0.15) is 29.5 Å². The molecule has 0 N–H and O–H groups in total. The molecule has 0 aliphatic carbocycles. The first-order valence-electron chi connectivity index (χ1n) is 14.7. The van der Waals surface area contributed by atoms with E-state index in [1.54, 1.807) is 55.4 Å². The Morgan fingerprint density at radius 3 is 1.95 bits per heavy atom. The van der Waals surface area contributed by atoms with Gasteiger partial charge in [-0.25, -0.2) is 19.4 Å². The number of hydrogen-bond donors (Lipinski definition) is 0. The van der Waals surface area contributed by atoms with Crippen LogP contribution >= 0.6 is 0 Å². The molecule has 44 heavy (non-hydrogen) atoms. The zero-order chi connectivity index (χ0) is 33.4. The molecule has 14 nitrogen and oxygen atoms in total. The average Bonchev–Trinajstić information content (AvgIpc) is 3.45. The number of ether oxygens (including phenoxy) is 5. The minimum absolute atomic E-state index is 0.0468. The van der Waals surface area contributed by atoms with Crippen LogP contribution in [0.25, 0.3) is 11.2 Å². The van der Waals surface area contributed by atoms with E-state index in [0.717, 1.165) is 0 Å². The van der Waals surface area contributed by atoms with Crippen LogP contribution in [0.3, 0.4) is 0 Å². The highest BCUT2D eigenvalue weighted by atomic mass is 28.4. The third kappa shape index (κ3) is 6.57. The average molecular weight is 639 g/mol. The second kappa shape index (κ2) is 10.9. The van der Waals surface area contributed by atoms with E-state index in [4.69, 9.17) is 28.1 Å². The molecule has 0 aromatic carbocycles. The molecule has 2 aromatic heterocycles. The number of carbonyl (C=O) groups excluding carboxylic acids is 2. The van der Waals surface area contributed by atoms with Crippen LogP contribution in [0.1, 0.15) is 82.4 Å². The molecule has 2 aliphatic rings. The van der Waals surface area contributed by atoms with E-state index < -0.39 is 73.3 Å². The van der Waals surface area contributed by atoms with Gasteiger partial charge in [-0.3, -0.25) is 9.36 Å². The number of aromatic nitrogens is 4. The Hall–Kier alpha value is -2.85. The van der Waals surface area contributed by atoms with Crippen molar-refractivity contribution < 1.29 is 37.7 Å². The lowest BCUT2D eigenvalue weighted by atomic mass is 10.1. The van der Waals surface area contributed by atoms with Gasteiger partial charge in [0.25, 0.3) is 5.56 Å². The standard InChI is InChI=1S/C29H46N4O10Si/c1-26(2,3)42-24(36)32-20-17(21(34)33(23(32)35)25(37)43-27(4,5)6)30-15-31(20)22-19-18(40-29(10,11)41-19)16(39-22)14-38-44(12,13)28(7,8)9/h15-16,18-19,22H,14H2,1-13H3/t16-,18-,19-,22-/m1/s1. The molecule has 2 aromatic rings. The molecule has 2 fully saturated rings. The normalized spacial score (nSPS) is 24.0. The first kappa shape index (κ1) is 34.0. The van der Waals surface area contributed by atoms with Gasteiger partial charge < -0.3 is 28.1 Å². The summed E-state index contributed by atoms with van der Waals surface area (Å²) in [6.07, 6.45) is -3.96. The predicted octanol–water partition coefficient (Wildman–Crippen LogP) is 4.37. The van der Waals surface area contributed by atoms with E-state index in [1.165, 1.54) is 10.9 Å². The Balaban J connectivity index is 1.87. The maximum Gasteiger partial charge on any atom is 0.425 e. The topological polar surface area (TPSA) is 151 Å². The SMILES string of the molecule is CC(C)(C)OC(=O)n1c(=O)c2ncn([C@@H]3O[C@H](CO[Si](C)(C)C(C)(C)C)[C@H]4OC(C)(C)O[C@H]43)c2n(C(=O)OC(C)(C)C)c1=O. The van der Waals surface area contributed by atoms with Crippen molar-refractivity contribution in [3.8, 4) is 0 Å². The van der Waals surface area contributed by atoms with Crippen molar-refractivity contribution >= 4 is 31.7 Å². The second-order valence-electron chi connectivity index (χ2n) is 15.2. The summed E-state index contributed by atoms with van der Waals surface area (Å²) >= 11 is 0. The van der Waals surface area contributed by atoms with Crippen molar-refractivity contribution in [2.75, 3.05) is 6.61 Å². The minimum Gasteiger partial charge on any atom is -0.443 e. The van der Waals surface area contributed by atoms with Crippen LogP contribution in [0.5, 0.6) is 0 Å². The quantitative estimate of drug-likeness (QED) is 0.439. The Morgan fingerprint density at radius 1 is 0.909 bits per heavy atom. The van der Waals surface area contributed by atoms with Crippen LogP contribution < -0.4 is 11.2 Å². The van der Waals surface area contributed by atoms with Gasteiger partial charge in [-0.1, -0.05) is 20.8 Å². The molecule has 0 bridgehead atoms. The molecule has 4 rings (SSSR count). The zero-order valence-corrected chi connectivity index (χ0v) is 29.0. The summed E-state index contributed by atoms with van der Waals surface area (Å²) in [6, 6.07) is 0. The van der Waals surface area contributed by atoms with Gasteiger partial charge in [-0.2, -0.15) is 9.13 Å². The molecule has 0 saturated carbocycles. The molecule has 2 saturated heterocycles. The first-order valence-corrected chi connectivity index (χ1v) is 17.6. The number of rotatable bonds is 4. The fourth-order valence-electron chi connectivity index (χ4n) is 4.76. The van der Waals surface area contributed by atoms with Crippen LogP contribution in [0.15, 0.2) is 15.9 Å². The van der Waals surface area contributed by atoms with E-state index in [2.05, 4.69) is 38.8 Å². The third-order valence-corrected chi connectivity index (χ3v) is 12.2. The third-order valence-electron chi connectivity index (χ3n) is 7.73.